The minimum Gasteiger partial charge on any atom is -1.00 e. The van der Waals surface area contributed by atoms with Crippen LogP contribution in [0.4, 0.5) is 5.95 Å². The SMILES string of the molecule is CC(C)(C)C(=O)Cn1c(NCCO)nc2ccccc21.[Br-]. The Morgan fingerprint density at radius 2 is 2.00 bits per heavy atom. The smallest absolute Gasteiger partial charge is 0.204 e. The topological polar surface area (TPSA) is 67.2 Å². The van der Waals surface area contributed by atoms with Gasteiger partial charge >= 0.3 is 0 Å². The maximum absolute atomic E-state index is 12.3. The Hall–Kier alpha value is -1.40. The Bertz CT molecular complexity index is 617. The summed E-state index contributed by atoms with van der Waals surface area (Å²) in [6.45, 7) is 6.45. The summed E-state index contributed by atoms with van der Waals surface area (Å²) >= 11 is 0. The molecule has 5 nitrogen and oxygen atoms in total. The number of nitrogens with one attached hydrogen (secondary N) is 1. The summed E-state index contributed by atoms with van der Waals surface area (Å²) < 4.78 is 1.87. The fraction of sp³-hybridized carbons (Fsp3) is 0.467. The number of benzene rings is 1. The van der Waals surface area contributed by atoms with Gasteiger partial charge in [-0.05, 0) is 12.1 Å². The van der Waals surface area contributed by atoms with Gasteiger partial charge in [0.2, 0.25) is 5.95 Å². The van der Waals surface area contributed by atoms with E-state index < -0.39 is 0 Å². The maximum Gasteiger partial charge on any atom is 0.204 e. The van der Waals surface area contributed by atoms with E-state index in [4.69, 9.17) is 5.11 Å². The van der Waals surface area contributed by atoms with Crippen LogP contribution in [0.25, 0.3) is 11.0 Å². The molecule has 2 N–H and O–H groups in total. The highest BCUT2D eigenvalue weighted by molar-refractivity contribution is 5.87. The number of nitrogens with zero attached hydrogens (tertiary/aromatic N) is 2. The lowest BCUT2D eigenvalue weighted by atomic mass is 9.91. The molecule has 1 heterocycles. The van der Waals surface area contributed by atoms with Gasteiger partial charge in [-0.1, -0.05) is 32.9 Å². The van der Waals surface area contributed by atoms with E-state index in [9.17, 15) is 4.79 Å². The van der Waals surface area contributed by atoms with Gasteiger partial charge in [-0.15, -0.1) is 0 Å². The van der Waals surface area contributed by atoms with Crippen LogP contribution in [-0.2, 0) is 11.3 Å². The molecule has 6 heteroatoms. The van der Waals surface area contributed by atoms with E-state index in [2.05, 4.69) is 10.3 Å². The third kappa shape index (κ3) is 4.04. The molecule has 0 fully saturated rings. The first-order chi connectivity index (χ1) is 9.43. The van der Waals surface area contributed by atoms with Gasteiger partial charge in [0.05, 0.1) is 24.2 Å². The van der Waals surface area contributed by atoms with Crippen molar-refractivity contribution in [2.75, 3.05) is 18.5 Å². The molecule has 0 aliphatic rings. The third-order valence-corrected chi connectivity index (χ3v) is 3.19. The van der Waals surface area contributed by atoms with Gasteiger partial charge in [0.25, 0.3) is 0 Å². The number of Topliss-reactive ketones (excluding diaryl/α,β-unsaturated/α-hetero) is 1. The Morgan fingerprint density at radius 1 is 1.33 bits per heavy atom. The van der Waals surface area contributed by atoms with E-state index in [0.717, 1.165) is 11.0 Å². The number of hydrogen-bond donors (Lipinski definition) is 2. The van der Waals surface area contributed by atoms with Crippen molar-refractivity contribution in [2.24, 2.45) is 5.41 Å². The molecular weight excluding hydrogens is 334 g/mol. The van der Waals surface area contributed by atoms with Crippen LogP contribution in [0.5, 0.6) is 0 Å². The zero-order valence-electron chi connectivity index (χ0n) is 12.6. The maximum atomic E-state index is 12.3. The standard InChI is InChI=1S/C15H21N3O2.BrH/c1-15(2,3)13(20)10-18-12-7-5-4-6-11(12)17-14(18)16-8-9-19;/h4-7,19H,8-10H2,1-3H3,(H,16,17);1H/p-1. The zero-order valence-corrected chi connectivity index (χ0v) is 14.1. The van der Waals surface area contributed by atoms with E-state index in [-0.39, 0.29) is 41.3 Å². The molecule has 0 saturated heterocycles. The first-order valence-electron chi connectivity index (χ1n) is 6.77. The van der Waals surface area contributed by atoms with Crippen LogP contribution in [0, 0.1) is 5.41 Å². The number of para-hydroxylation sites is 2. The Balaban J connectivity index is 0.00000220. The summed E-state index contributed by atoms with van der Waals surface area (Å²) in [5.41, 5.74) is 1.37. The molecule has 2 aromatic rings. The van der Waals surface area contributed by atoms with Crippen molar-refractivity contribution < 1.29 is 26.9 Å². The number of aliphatic hydroxyl groups is 1. The third-order valence-electron chi connectivity index (χ3n) is 3.19. The molecule has 0 atom stereocenters. The number of carbonyl (C=O) groups is 1. The minimum atomic E-state index is -0.389. The van der Waals surface area contributed by atoms with Crippen molar-refractivity contribution in [3.8, 4) is 0 Å². The van der Waals surface area contributed by atoms with Crippen molar-refractivity contribution in [1.29, 1.82) is 0 Å². The second-order valence-electron chi connectivity index (χ2n) is 5.83. The van der Waals surface area contributed by atoms with E-state index in [1.54, 1.807) is 0 Å². The minimum absolute atomic E-state index is 0. The predicted molar refractivity (Wildman–Crippen MR) is 79.8 cm³/mol. The van der Waals surface area contributed by atoms with Crippen molar-refractivity contribution in [3.05, 3.63) is 24.3 Å². The molecule has 0 aliphatic carbocycles. The molecule has 1 aromatic heterocycles. The lowest BCUT2D eigenvalue weighted by Gasteiger charge is -2.18. The van der Waals surface area contributed by atoms with Crippen molar-refractivity contribution >= 4 is 22.8 Å². The number of fused-ring (bicyclic) bond motifs is 1. The van der Waals surface area contributed by atoms with Crippen LogP contribution < -0.4 is 22.3 Å². The monoisotopic (exact) mass is 354 g/mol. The average molecular weight is 355 g/mol. The quantitative estimate of drug-likeness (QED) is 0.727. The first kappa shape index (κ1) is 17.7. The van der Waals surface area contributed by atoms with Gasteiger partial charge < -0.3 is 32.0 Å². The van der Waals surface area contributed by atoms with E-state index in [1.807, 2.05) is 49.6 Å². The van der Waals surface area contributed by atoms with Crippen LogP contribution in [0.2, 0.25) is 0 Å². The Kier molecular flexibility index (Phi) is 5.92. The molecular formula is C15H21BrN3O2-. The van der Waals surface area contributed by atoms with Crippen LogP contribution in [-0.4, -0.2) is 33.6 Å². The first-order valence-corrected chi connectivity index (χ1v) is 6.77. The number of aromatic nitrogens is 2. The summed E-state index contributed by atoms with van der Waals surface area (Å²) in [6.07, 6.45) is 0. The number of carbonyl (C=O) groups excluding carboxylic acids is 1. The summed E-state index contributed by atoms with van der Waals surface area (Å²) in [5, 5.41) is 12.0. The second-order valence-corrected chi connectivity index (χ2v) is 5.83. The van der Waals surface area contributed by atoms with Gasteiger partial charge in [-0.3, -0.25) is 4.79 Å². The molecule has 0 spiro atoms. The lowest BCUT2D eigenvalue weighted by molar-refractivity contribution is -0.126. The summed E-state index contributed by atoms with van der Waals surface area (Å²) in [7, 11) is 0. The normalized spacial score (nSPS) is 11.2. The molecule has 21 heavy (non-hydrogen) atoms. The fourth-order valence-electron chi connectivity index (χ4n) is 1.92. The summed E-state index contributed by atoms with van der Waals surface area (Å²) in [6, 6.07) is 7.71. The van der Waals surface area contributed by atoms with Gasteiger partial charge in [-0.2, -0.15) is 0 Å². The molecule has 116 valence electrons. The highest BCUT2D eigenvalue weighted by Gasteiger charge is 2.23. The molecule has 0 unspecified atom stereocenters. The number of hydrogen-bond acceptors (Lipinski definition) is 4. The van der Waals surface area contributed by atoms with Crippen LogP contribution in [0.15, 0.2) is 24.3 Å². The largest absolute Gasteiger partial charge is 1.00 e. The van der Waals surface area contributed by atoms with Gasteiger partial charge in [0.1, 0.15) is 0 Å². The molecule has 0 bridgehead atoms. The van der Waals surface area contributed by atoms with Crippen molar-refractivity contribution in [2.45, 2.75) is 27.3 Å². The molecule has 2 rings (SSSR count). The number of anilines is 1. The lowest BCUT2D eigenvalue weighted by Crippen LogP contribution is -3.00. The summed E-state index contributed by atoms with van der Waals surface area (Å²) in [5.74, 6) is 0.769. The van der Waals surface area contributed by atoms with Crippen LogP contribution in [0.1, 0.15) is 20.8 Å². The van der Waals surface area contributed by atoms with E-state index in [0.29, 0.717) is 12.5 Å². The molecule has 0 radical (unpaired) electrons. The van der Waals surface area contributed by atoms with E-state index in [1.165, 1.54) is 0 Å². The van der Waals surface area contributed by atoms with Gasteiger partial charge in [0.15, 0.2) is 5.78 Å². The van der Waals surface area contributed by atoms with E-state index >= 15 is 0 Å². The number of imidazole rings is 1. The molecule has 0 saturated carbocycles. The van der Waals surface area contributed by atoms with Crippen molar-refractivity contribution in [1.82, 2.24) is 9.55 Å². The molecule has 0 amide bonds. The Labute approximate surface area is 135 Å². The predicted octanol–water partition coefficient (Wildman–Crippen LogP) is -0.940. The highest BCUT2D eigenvalue weighted by atomic mass is 79.9. The fourth-order valence-corrected chi connectivity index (χ4v) is 1.92. The number of ketones is 1. The molecule has 1 aromatic carbocycles. The van der Waals surface area contributed by atoms with Gasteiger partial charge in [-0.25, -0.2) is 4.98 Å². The van der Waals surface area contributed by atoms with Crippen LogP contribution >= 0.6 is 0 Å². The zero-order chi connectivity index (χ0) is 14.8. The molecule has 0 aliphatic heterocycles. The summed E-state index contributed by atoms with van der Waals surface area (Å²) in [4.78, 5) is 16.7. The van der Waals surface area contributed by atoms with Crippen LogP contribution in [0.3, 0.4) is 0 Å². The van der Waals surface area contributed by atoms with Crippen molar-refractivity contribution in [3.63, 3.8) is 0 Å². The average Bonchev–Trinajstić information content (AvgIpc) is 2.73. The highest BCUT2D eigenvalue weighted by Crippen LogP contribution is 2.22. The number of aliphatic hydroxyl groups excluding tert-OH is 1. The number of halogens is 1. The Morgan fingerprint density at radius 3 is 2.62 bits per heavy atom. The second kappa shape index (κ2) is 7.04. The van der Waals surface area contributed by atoms with Gasteiger partial charge in [0, 0.05) is 12.0 Å². The number of rotatable bonds is 5.